The van der Waals surface area contributed by atoms with Crippen LogP contribution in [-0.4, -0.2) is 15.0 Å². The minimum absolute atomic E-state index is 0.524. The van der Waals surface area contributed by atoms with Gasteiger partial charge in [0.15, 0.2) is 0 Å². The van der Waals surface area contributed by atoms with E-state index in [1.54, 1.807) is 25.1 Å². The topological polar surface area (TPSA) is 78.5 Å². The van der Waals surface area contributed by atoms with Crippen LogP contribution in [0.25, 0.3) is 22.3 Å². The quantitative estimate of drug-likeness (QED) is 0.540. The SMILES string of the molecule is Cc1cc2nc(-c3cnc[nH]3)cc(CCc3ccoc3)c2cc1CCC#N. The van der Waals surface area contributed by atoms with Crippen molar-refractivity contribution in [2.24, 2.45) is 0 Å². The van der Waals surface area contributed by atoms with Crippen molar-refractivity contribution in [1.82, 2.24) is 15.0 Å². The molecule has 0 unspecified atom stereocenters. The number of aryl methyl sites for hydroxylation is 4. The molecule has 0 saturated heterocycles. The minimum Gasteiger partial charge on any atom is -0.472 e. The molecule has 27 heavy (non-hydrogen) atoms. The van der Waals surface area contributed by atoms with Gasteiger partial charge in [-0.1, -0.05) is 0 Å². The molecule has 1 aromatic carbocycles. The third-order valence-corrected chi connectivity index (χ3v) is 4.90. The molecule has 0 radical (unpaired) electrons. The number of nitrogens with one attached hydrogen (secondary N) is 1. The number of nitrogens with zero attached hydrogens (tertiary/aromatic N) is 3. The van der Waals surface area contributed by atoms with E-state index in [0.29, 0.717) is 6.42 Å². The third kappa shape index (κ3) is 3.61. The van der Waals surface area contributed by atoms with Crippen LogP contribution in [0, 0.1) is 18.3 Å². The van der Waals surface area contributed by atoms with E-state index in [1.807, 2.05) is 6.07 Å². The number of benzene rings is 1. The second-order valence-electron chi connectivity index (χ2n) is 6.72. The van der Waals surface area contributed by atoms with E-state index in [4.69, 9.17) is 14.7 Å². The number of fused-ring (bicyclic) bond motifs is 1. The molecule has 0 bridgehead atoms. The minimum atomic E-state index is 0.524. The molecule has 3 aromatic heterocycles. The van der Waals surface area contributed by atoms with Gasteiger partial charge in [0.1, 0.15) is 0 Å². The van der Waals surface area contributed by atoms with Crippen molar-refractivity contribution >= 4 is 10.9 Å². The first-order chi connectivity index (χ1) is 13.2. The molecule has 0 amide bonds. The summed E-state index contributed by atoms with van der Waals surface area (Å²) in [7, 11) is 0. The summed E-state index contributed by atoms with van der Waals surface area (Å²) in [6.07, 6.45) is 10.0. The van der Waals surface area contributed by atoms with Gasteiger partial charge in [0.25, 0.3) is 0 Å². The third-order valence-electron chi connectivity index (χ3n) is 4.90. The van der Waals surface area contributed by atoms with Gasteiger partial charge in [0.05, 0.1) is 48.0 Å². The Morgan fingerprint density at radius 2 is 2.07 bits per heavy atom. The highest BCUT2D eigenvalue weighted by Crippen LogP contribution is 2.28. The van der Waals surface area contributed by atoms with Gasteiger partial charge in [-0.25, -0.2) is 9.97 Å². The maximum Gasteiger partial charge on any atom is 0.0934 e. The van der Waals surface area contributed by atoms with Gasteiger partial charge < -0.3 is 9.40 Å². The molecule has 4 rings (SSSR count). The van der Waals surface area contributed by atoms with Crippen molar-refractivity contribution in [2.75, 3.05) is 0 Å². The molecule has 0 aliphatic heterocycles. The number of rotatable bonds is 6. The highest BCUT2D eigenvalue weighted by atomic mass is 16.3. The molecule has 0 atom stereocenters. The molecule has 3 heterocycles. The molecule has 0 aliphatic rings. The highest BCUT2D eigenvalue weighted by molar-refractivity contribution is 5.86. The Morgan fingerprint density at radius 3 is 2.81 bits per heavy atom. The lowest BCUT2D eigenvalue weighted by Gasteiger charge is -2.12. The summed E-state index contributed by atoms with van der Waals surface area (Å²) in [6, 6.07) is 10.7. The fraction of sp³-hybridized carbons (Fsp3) is 0.227. The van der Waals surface area contributed by atoms with Gasteiger partial charge in [-0.05, 0) is 72.7 Å². The molecular formula is C22H20N4O. The summed E-state index contributed by atoms with van der Waals surface area (Å²) in [5.74, 6) is 0. The maximum absolute atomic E-state index is 8.94. The normalized spacial score (nSPS) is 11.0. The van der Waals surface area contributed by atoms with Crippen LogP contribution in [0.5, 0.6) is 0 Å². The highest BCUT2D eigenvalue weighted by Gasteiger charge is 2.12. The number of imidazole rings is 1. The predicted octanol–water partition coefficient (Wildman–Crippen LogP) is 4.77. The Kier molecular flexibility index (Phi) is 4.71. The average molecular weight is 356 g/mol. The molecule has 0 saturated carbocycles. The lowest BCUT2D eigenvalue weighted by molar-refractivity contribution is 0.563. The summed E-state index contributed by atoms with van der Waals surface area (Å²) in [5, 5.41) is 10.1. The number of hydrogen-bond donors (Lipinski definition) is 1. The van der Waals surface area contributed by atoms with Crippen LogP contribution >= 0.6 is 0 Å². The van der Waals surface area contributed by atoms with Gasteiger partial charge in [-0.2, -0.15) is 5.26 Å². The van der Waals surface area contributed by atoms with E-state index in [2.05, 4.69) is 41.2 Å². The van der Waals surface area contributed by atoms with E-state index >= 15 is 0 Å². The lowest BCUT2D eigenvalue weighted by atomic mass is 9.95. The van der Waals surface area contributed by atoms with Crippen molar-refractivity contribution in [2.45, 2.75) is 32.6 Å². The molecule has 5 heteroatoms. The van der Waals surface area contributed by atoms with Crippen molar-refractivity contribution in [3.63, 3.8) is 0 Å². The number of H-pyrrole nitrogens is 1. The Bertz CT molecular complexity index is 1090. The van der Waals surface area contributed by atoms with Gasteiger partial charge in [0, 0.05) is 11.8 Å². The summed E-state index contributed by atoms with van der Waals surface area (Å²) < 4.78 is 5.20. The Labute approximate surface area is 157 Å². The smallest absolute Gasteiger partial charge is 0.0934 e. The van der Waals surface area contributed by atoms with E-state index in [0.717, 1.165) is 41.6 Å². The van der Waals surface area contributed by atoms with E-state index in [9.17, 15) is 0 Å². The summed E-state index contributed by atoms with van der Waals surface area (Å²) >= 11 is 0. The van der Waals surface area contributed by atoms with E-state index in [-0.39, 0.29) is 0 Å². The molecule has 4 aromatic rings. The molecule has 1 N–H and O–H groups in total. The van der Waals surface area contributed by atoms with Crippen LogP contribution in [0.2, 0.25) is 0 Å². The molecule has 0 fully saturated rings. The first-order valence-electron chi connectivity index (χ1n) is 9.04. The number of nitriles is 1. The van der Waals surface area contributed by atoms with Crippen LogP contribution in [0.4, 0.5) is 0 Å². The Morgan fingerprint density at radius 1 is 1.15 bits per heavy atom. The van der Waals surface area contributed by atoms with Crippen molar-refractivity contribution < 1.29 is 4.42 Å². The molecule has 0 aliphatic carbocycles. The fourth-order valence-corrected chi connectivity index (χ4v) is 3.41. The number of furan rings is 1. The largest absolute Gasteiger partial charge is 0.472 e. The zero-order valence-electron chi connectivity index (χ0n) is 15.2. The average Bonchev–Trinajstić information content (AvgIpc) is 3.38. The van der Waals surface area contributed by atoms with Crippen LogP contribution in [0.3, 0.4) is 0 Å². The Balaban J connectivity index is 1.80. The fourth-order valence-electron chi connectivity index (χ4n) is 3.41. The van der Waals surface area contributed by atoms with Gasteiger partial charge >= 0.3 is 0 Å². The molecular weight excluding hydrogens is 336 g/mol. The standard InChI is InChI=1S/C22H20N4O/c1-15-9-20-19(10-17(15)3-2-7-23)18(5-4-16-6-8-27-13-16)11-21(26-20)22-12-24-14-25-22/h6,8-14H,2-5H2,1H3,(H,24,25). The lowest BCUT2D eigenvalue weighted by Crippen LogP contribution is -1.98. The number of aromatic nitrogens is 3. The second-order valence-corrected chi connectivity index (χ2v) is 6.72. The van der Waals surface area contributed by atoms with Crippen LogP contribution < -0.4 is 0 Å². The van der Waals surface area contributed by atoms with Gasteiger partial charge in [-0.15, -0.1) is 0 Å². The van der Waals surface area contributed by atoms with Crippen molar-refractivity contribution in [3.05, 3.63) is 71.6 Å². The number of hydrogen-bond acceptors (Lipinski definition) is 4. The summed E-state index contributed by atoms with van der Waals surface area (Å²) in [5.41, 5.74) is 7.59. The molecule has 134 valence electrons. The first kappa shape index (κ1) is 17.0. The zero-order valence-corrected chi connectivity index (χ0v) is 15.2. The predicted molar refractivity (Wildman–Crippen MR) is 104 cm³/mol. The Hall–Kier alpha value is -3.39. The van der Waals surface area contributed by atoms with Crippen LogP contribution in [0.15, 0.2) is 53.7 Å². The van der Waals surface area contributed by atoms with Gasteiger partial charge in [-0.3, -0.25) is 0 Å². The second kappa shape index (κ2) is 7.46. The monoisotopic (exact) mass is 356 g/mol. The number of aromatic amines is 1. The van der Waals surface area contributed by atoms with E-state index < -0.39 is 0 Å². The molecule has 0 spiro atoms. The summed E-state index contributed by atoms with van der Waals surface area (Å²) in [4.78, 5) is 12.1. The van der Waals surface area contributed by atoms with Crippen molar-refractivity contribution in [1.29, 1.82) is 5.26 Å². The number of pyridine rings is 1. The maximum atomic E-state index is 8.94. The van der Waals surface area contributed by atoms with E-state index in [1.165, 1.54) is 22.3 Å². The van der Waals surface area contributed by atoms with Crippen LogP contribution in [0.1, 0.15) is 28.7 Å². The molecule has 5 nitrogen and oxygen atoms in total. The van der Waals surface area contributed by atoms with Crippen molar-refractivity contribution in [3.8, 4) is 17.5 Å². The summed E-state index contributed by atoms with van der Waals surface area (Å²) in [6.45, 7) is 2.09. The van der Waals surface area contributed by atoms with Gasteiger partial charge in [0.2, 0.25) is 0 Å². The van der Waals surface area contributed by atoms with Crippen LogP contribution in [-0.2, 0) is 19.3 Å². The first-order valence-corrected chi connectivity index (χ1v) is 9.04. The zero-order chi connectivity index (χ0) is 18.6.